The van der Waals surface area contributed by atoms with Crippen LogP contribution >= 0.6 is 11.6 Å². The number of nitro benzene ring substituents is 1. The van der Waals surface area contributed by atoms with Crippen molar-refractivity contribution in [3.8, 4) is 0 Å². The van der Waals surface area contributed by atoms with E-state index in [0.717, 1.165) is 6.07 Å². The lowest BCUT2D eigenvalue weighted by atomic mass is 10.2. The van der Waals surface area contributed by atoms with Crippen LogP contribution in [0.25, 0.3) is 0 Å². The summed E-state index contributed by atoms with van der Waals surface area (Å²) in [6.45, 7) is 1.40. The Labute approximate surface area is 142 Å². The summed E-state index contributed by atoms with van der Waals surface area (Å²) < 4.78 is 5.03. The quantitative estimate of drug-likeness (QED) is 0.507. The second-order valence-electron chi connectivity index (χ2n) is 4.85. The van der Waals surface area contributed by atoms with Gasteiger partial charge in [0.05, 0.1) is 10.5 Å². The molecule has 2 rings (SSSR count). The lowest BCUT2D eigenvalue weighted by Crippen LogP contribution is -2.30. The molecule has 1 amide bonds. The van der Waals surface area contributed by atoms with Crippen molar-refractivity contribution in [2.75, 3.05) is 5.32 Å². The fraction of sp³-hybridized carbons (Fsp3) is 0.125. The van der Waals surface area contributed by atoms with Gasteiger partial charge in [0.15, 0.2) is 6.10 Å². The molecule has 0 unspecified atom stereocenters. The zero-order valence-corrected chi connectivity index (χ0v) is 13.3. The summed E-state index contributed by atoms with van der Waals surface area (Å²) in [5, 5.41) is 13.7. The number of carbonyl (C=O) groups is 2. The second kappa shape index (κ2) is 7.56. The molecule has 0 bridgehead atoms. The van der Waals surface area contributed by atoms with E-state index < -0.39 is 22.9 Å². The molecule has 1 N–H and O–H groups in total. The van der Waals surface area contributed by atoms with Gasteiger partial charge in [0.1, 0.15) is 0 Å². The first-order valence-electron chi connectivity index (χ1n) is 6.88. The van der Waals surface area contributed by atoms with E-state index in [1.807, 2.05) is 0 Å². The minimum Gasteiger partial charge on any atom is -0.449 e. The molecule has 0 aromatic heterocycles. The largest absolute Gasteiger partial charge is 0.449 e. The number of benzene rings is 2. The van der Waals surface area contributed by atoms with Gasteiger partial charge in [-0.25, -0.2) is 4.79 Å². The van der Waals surface area contributed by atoms with Crippen molar-refractivity contribution in [1.29, 1.82) is 0 Å². The number of hydrogen-bond donors (Lipinski definition) is 1. The average molecular weight is 349 g/mol. The second-order valence-corrected chi connectivity index (χ2v) is 5.29. The fourth-order valence-electron chi connectivity index (χ4n) is 1.84. The van der Waals surface area contributed by atoms with Crippen molar-refractivity contribution >= 4 is 34.9 Å². The van der Waals surface area contributed by atoms with Gasteiger partial charge < -0.3 is 10.1 Å². The molecular weight excluding hydrogens is 336 g/mol. The van der Waals surface area contributed by atoms with E-state index in [0.29, 0.717) is 10.7 Å². The number of carbonyl (C=O) groups excluding carboxylic acids is 2. The highest BCUT2D eigenvalue weighted by Gasteiger charge is 2.20. The molecule has 0 aliphatic rings. The van der Waals surface area contributed by atoms with Gasteiger partial charge in [-0.2, -0.15) is 0 Å². The van der Waals surface area contributed by atoms with Crippen molar-refractivity contribution in [2.45, 2.75) is 13.0 Å². The number of non-ortho nitro benzene ring substituents is 1. The molecule has 0 radical (unpaired) electrons. The summed E-state index contributed by atoms with van der Waals surface area (Å²) in [5.41, 5.74) is 0.220. The maximum absolute atomic E-state index is 12.0. The van der Waals surface area contributed by atoms with Crippen molar-refractivity contribution < 1.29 is 19.2 Å². The number of nitro groups is 1. The molecule has 124 valence electrons. The number of amides is 1. The van der Waals surface area contributed by atoms with E-state index in [1.54, 1.807) is 24.3 Å². The molecule has 24 heavy (non-hydrogen) atoms. The molecule has 0 saturated heterocycles. The van der Waals surface area contributed by atoms with Crippen LogP contribution in [-0.2, 0) is 9.53 Å². The minimum absolute atomic E-state index is 0.00777. The van der Waals surface area contributed by atoms with Crippen LogP contribution in [0.3, 0.4) is 0 Å². The summed E-state index contributed by atoms with van der Waals surface area (Å²) in [4.78, 5) is 34.1. The molecule has 1 atom stereocenters. The highest BCUT2D eigenvalue weighted by atomic mass is 35.5. The van der Waals surface area contributed by atoms with Gasteiger partial charge in [-0.15, -0.1) is 0 Å². The predicted molar refractivity (Wildman–Crippen MR) is 88.1 cm³/mol. The Morgan fingerprint density at radius 2 is 1.92 bits per heavy atom. The van der Waals surface area contributed by atoms with E-state index in [4.69, 9.17) is 16.3 Å². The lowest BCUT2D eigenvalue weighted by molar-refractivity contribution is -0.384. The summed E-state index contributed by atoms with van der Waals surface area (Å²) >= 11 is 5.82. The summed E-state index contributed by atoms with van der Waals surface area (Å²) in [7, 11) is 0. The topological polar surface area (TPSA) is 98.5 Å². The molecule has 2 aromatic carbocycles. The molecular formula is C16H13ClN2O5. The third-order valence-electron chi connectivity index (χ3n) is 3.04. The Morgan fingerprint density at radius 3 is 2.58 bits per heavy atom. The molecule has 0 aliphatic heterocycles. The Bertz CT molecular complexity index is 794. The van der Waals surface area contributed by atoms with Crippen LogP contribution in [0, 0.1) is 10.1 Å². The third-order valence-corrected chi connectivity index (χ3v) is 3.27. The summed E-state index contributed by atoms with van der Waals surface area (Å²) in [6.07, 6.45) is -1.09. The number of nitrogens with zero attached hydrogens (tertiary/aromatic N) is 1. The van der Waals surface area contributed by atoms with Crippen LogP contribution in [0.5, 0.6) is 0 Å². The normalized spacial score (nSPS) is 11.4. The fourth-order valence-corrected chi connectivity index (χ4v) is 2.03. The van der Waals surface area contributed by atoms with Crippen molar-refractivity contribution in [3.63, 3.8) is 0 Å². The zero-order chi connectivity index (χ0) is 17.7. The zero-order valence-electron chi connectivity index (χ0n) is 12.6. The van der Waals surface area contributed by atoms with Crippen molar-refractivity contribution in [1.82, 2.24) is 0 Å². The van der Waals surface area contributed by atoms with Gasteiger partial charge in [-0.1, -0.05) is 23.7 Å². The smallest absolute Gasteiger partial charge is 0.339 e. The van der Waals surface area contributed by atoms with Crippen molar-refractivity contribution in [2.24, 2.45) is 0 Å². The average Bonchev–Trinajstić information content (AvgIpc) is 2.54. The highest BCUT2D eigenvalue weighted by molar-refractivity contribution is 6.30. The highest BCUT2D eigenvalue weighted by Crippen LogP contribution is 2.17. The maximum Gasteiger partial charge on any atom is 0.339 e. The van der Waals surface area contributed by atoms with Crippen LogP contribution in [0.1, 0.15) is 17.3 Å². The van der Waals surface area contributed by atoms with E-state index in [1.165, 1.54) is 25.1 Å². The SMILES string of the molecule is C[C@@H](OC(=O)c1cccc([N+](=O)[O-])c1)C(=O)Nc1cccc(Cl)c1. The predicted octanol–water partition coefficient (Wildman–Crippen LogP) is 3.43. The number of anilines is 1. The Kier molecular flexibility index (Phi) is 5.49. The molecule has 8 heteroatoms. The molecule has 7 nitrogen and oxygen atoms in total. The first kappa shape index (κ1) is 17.4. The van der Waals surface area contributed by atoms with Gasteiger partial charge in [-0.3, -0.25) is 14.9 Å². The van der Waals surface area contributed by atoms with E-state index in [-0.39, 0.29) is 11.3 Å². The molecule has 0 spiro atoms. The molecule has 0 fully saturated rings. The Morgan fingerprint density at radius 1 is 1.21 bits per heavy atom. The number of esters is 1. The standard InChI is InChI=1S/C16H13ClN2O5/c1-10(15(20)18-13-6-3-5-12(17)9-13)24-16(21)11-4-2-7-14(8-11)19(22)23/h2-10H,1H3,(H,18,20)/t10-/m1/s1. The van der Waals surface area contributed by atoms with Gasteiger partial charge in [0.2, 0.25) is 0 Å². The number of rotatable bonds is 5. The third kappa shape index (κ3) is 4.53. The molecule has 0 saturated carbocycles. The first-order valence-corrected chi connectivity index (χ1v) is 7.26. The lowest BCUT2D eigenvalue weighted by Gasteiger charge is -2.13. The Hall–Kier alpha value is -2.93. The van der Waals surface area contributed by atoms with Gasteiger partial charge >= 0.3 is 5.97 Å². The Balaban J connectivity index is 2.01. The van der Waals surface area contributed by atoms with Gasteiger partial charge in [0.25, 0.3) is 11.6 Å². The minimum atomic E-state index is -1.09. The van der Waals surface area contributed by atoms with Crippen LogP contribution < -0.4 is 5.32 Å². The number of ether oxygens (including phenoxy) is 1. The molecule has 2 aromatic rings. The molecule has 0 aliphatic carbocycles. The van der Waals surface area contributed by atoms with Gasteiger partial charge in [0, 0.05) is 22.8 Å². The molecule has 0 heterocycles. The number of hydrogen-bond acceptors (Lipinski definition) is 5. The van der Waals surface area contributed by atoms with E-state index in [2.05, 4.69) is 5.32 Å². The number of nitrogens with one attached hydrogen (secondary N) is 1. The van der Waals surface area contributed by atoms with Crippen LogP contribution in [-0.4, -0.2) is 22.9 Å². The van der Waals surface area contributed by atoms with Gasteiger partial charge in [-0.05, 0) is 31.2 Å². The monoisotopic (exact) mass is 348 g/mol. The van der Waals surface area contributed by atoms with Crippen LogP contribution in [0.15, 0.2) is 48.5 Å². The summed E-state index contributed by atoms with van der Waals surface area (Å²) in [5.74, 6) is -1.37. The summed E-state index contributed by atoms with van der Waals surface area (Å²) in [6, 6.07) is 11.6. The van der Waals surface area contributed by atoms with Crippen molar-refractivity contribution in [3.05, 3.63) is 69.2 Å². The van der Waals surface area contributed by atoms with E-state index in [9.17, 15) is 19.7 Å². The first-order chi connectivity index (χ1) is 11.4. The van der Waals surface area contributed by atoms with Crippen LogP contribution in [0.2, 0.25) is 5.02 Å². The number of halogens is 1. The maximum atomic E-state index is 12.0. The van der Waals surface area contributed by atoms with Crippen LogP contribution in [0.4, 0.5) is 11.4 Å². The van der Waals surface area contributed by atoms with E-state index >= 15 is 0 Å².